The van der Waals surface area contributed by atoms with Crippen LogP contribution in [0.5, 0.6) is 0 Å². The summed E-state index contributed by atoms with van der Waals surface area (Å²) in [7, 11) is 0. The van der Waals surface area contributed by atoms with E-state index in [4.69, 9.17) is 0 Å². The molecule has 1 aromatic rings. The van der Waals surface area contributed by atoms with Crippen molar-refractivity contribution in [3.63, 3.8) is 0 Å². The summed E-state index contributed by atoms with van der Waals surface area (Å²) in [5, 5.41) is 0. The van der Waals surface area contributed by atoms with Crippen molar-refractivity contribution < 1.29 is 0 Å². The van der Waals surface area contributed by atoms with Crippen molar-refractivity contribution in [2.45, 2.75) is 56.7 Å². The van der Waals surface area contributed by atoms with E-state index in [-0.39, 0.29) is 0 Å². The molecule has 0 aliphatic heterocycles. The third-order valence-electron chi connectivity index (χ3n) is 4.99. The first-order chi connectivity index (χ1) is 8.75. The van der Waals surface area contributed by atoms with Gasteiger partial charge < -0.3 is 0 Å². The average molecular weight is 307 g/mol. The molecule has 1 heteroatoms. The summed E-state index contributed by atoms with van der Waals surface area (Å²) in [5.41, 5.74) is 4.74. The minimum absolute atomic E-state index is 0.572. The van der Waals surface area contributed by atoms with E-state index in [1.54, 1.807) is 11.1 Å². The molecule has 2 aliphatic rings. The number of alkyl halides is 1. The number of benzene rings is 1. The van der Waals surface area contributed by atoms with Crippen LogP contribution in [-0.4, -0.2) is 0 Å². The molecular weight excluding hydrogens is 284 g/mol. The Labute approximate surface area is 119 Å². The van der Waals surface area contributed by atoms with E-state index in [2.05, 4.69) is 41.1 Å². The summed E-state index contributed by atoms with van der Waals surface area (Å²) >= 11 is 3.98. The molecule has 0 saturated heterocycles. The second kappa shape index (κ2) is 5.36. The lowest BCUT2D eigenvalue weighted by molar-refractivity contribution is 0.414. The van der Waals surface area contributed by atoms with Crippen LogP contribution >= 0.6 is 15.9 Å². The second-order valence-electron chi connectivity index (χ2n) is 6.21. The fraction of sp³-hybridized carbons (Fsp3) is 0.647. The maximum atomic E-state index is 3.98. The maximum absolute atomic E-state index is 3.98. The molecule has 0 aromatic heterocycles. The van der Waals surface area contributed by atoms with Crippen LogP contribution in [0, 0.1) is 11.8 Å². The predicted molar refractivity (Wildman–Crippen MR) is 81.3 cm³/mol. The Morgan fingerprint density at radius 1 is 1.06 bits per heavy atom. The van der Waals surface area contributed by atoms with Gasteiger partial charge in [-0.25, -0.2) is 0 Å². The van der Waals surface area contributed by atoms with Gasteiger partial charge in [-0.05, 0) is 60.6 Å². The van der Waals surface area contributed by atoms with E-state index >= 15 is 0 Å². The van der Waals surface area contributed by atoms with Gasteiger partial charge in [0, 0.05) is 4.83 Å². The molecule has 3 rings (SSSR count). The van der Waals surface area contributed by atoms with Gasteiger partial charge in [0.2, 0.25) is 0 Å². The minimum Gasteiger partial charge on any atom is -0.0836 e. The van der Waals surface area contributed by atoms with Gasteiger partial charge in [0.1, 0.15) is 0 Å². The molecule has 1 aromatic carbocycles. The van der Waals surface area contributed by atoms with Crippen molar-refractivity contribution in [2.24, 2.45) is 11.8 Å². The second-order valence-corrected chi connectivity index (χ2v) is 7.20. The molecule has 0 heterocycles. The molecule has 2 aliphatic carbocycles. The molecule has 0 N–H and O–H groups in total. The van der Waals surface area contributed by atoms with Crippen LogP contribution in [0.3, 0.4) is 0 Å². The first-order valence-electron chi connectivity index (χ1n) is 7.51. The average Bonchev–Trinajstić information content (AvgIpc) is 2.83. The van der Waals surface area contributed by atoms with E-state index in [0.717, 1.165) is 11.8 Å². The van der Waals surface area contributed by atoms with Gasteiger partial charge in [0.15, 0.2) is 0 Å². The highest BCUT2D eigenvalue weighted by molar-refractivity contribution is 9.09. The zero-order chi connectivity index (χ0) is 12.5. The van der Waals surface area contributed by atoms with Crippen molar-refractivity contribution in [1.82, 2.24) is 0 Å². The molecule has 0 nitrogen and oxygen atoms in total. The molecule has 3 unspecified atom stereocenters. The minimum atomic E-state index is 0.572. The summed E-state index contributed by atoms with van der Waals surface area (Å²) in [6.07, 6.45) is 9.57. The monoisotopic (exact) mass is 306 g/mol. The highest BCUT2D eigenvalue weighted by Gasteiger charge is 2.30. The van der Waals surface area contributed by atoms with Crippen LogP contribution in [0.25, 0.3) is 0 Å². The van der Waals surface area contributed by atoms with Crippen LogP contribution in [0.15, 0.2) is 18.2 Å². The van der Waals surface area contributed by atoms with Crippen LogP contribution in [0.2, 0.25) is 0 Å². The molecule has 1 fully saturated rings. The maximum Gasteiger partial charge on any atom is 0.0426 e. The van der Waals surface area contributed by atoms with Crippen molar-refractivity contribution in [2.75, 3.05) is 0 Å². The van der Waals surface area contributed by atoms with E-state index < -0.39 is 0 Å². The number of fused-ring (bicyclic) bond motifs is 1. The van der Waals surface area contributed by atoms with Crippen LogP contribution < -0.4 is 0 Å². The fourth-order valence-corrected chi connectivity index (χ4v) is 4.85. The lowest BCUT2D eigenvalue weighted by Crippen LogP contribution is -2.12. The molecular formula is C17H23Br. The first kappa shape index (κ1) is 12.7. The number of halogens is 1. The predicted octanol–water partition coefficient (Wildman–Crippen LogP) is 5.44. The number of hydrogen-bond acceptors (Lipinski definition) is 0. The highest BCUT2D eigenvalue weighted by atomic mass is 79.9. The molecule has 0 bridgehead atoms. The summed E-state index contributed by atoms with van der Waals surface area (Å²) in [4.78, 5) is 0.572. The van der Waals surface area contributed by atoms with E-state index in [1.165, 1.54) is 50.5 Å². The molecule has 98 valence electrons. The summed E-state index contributed by atoms with van der Waals surface area (Å²) in [5.74, 6) is 1.72. The van der Waals surface area contributed by atoms with Gasteiger partial charge >= 0.3 is 0 Å². The lowest BCUT2D eigenvalue weighted by atomic mass is 9.86. The number of hydrogen-bond donors (Lipinski definition) is 0. The molecule has 1 saturated carbocycles. The third kappa shape index (κ3) is 2.39. The number of rotatable bonds is 2. The lowest BCUT2D eigenvalue weighted by Gasteiger charge is -2.24. The topological polar surface area (TPSA) is 0 Å². The van der Waals surface area contributed by atoms with Gasteiger partial charge in [-0.15, -0.1) is 0 Å². The van der Waals surface area contributed by atoms with Crippen molar-refractivity contribution in [1.29, 1.82) is 0 Å². The number of aryl methyl sites for hydroxylation is 2. The van der Waals surface area contributed by atoms with Gasteiger partial charge in [0.25, 0.3) is 0 Å². The van der Waals surface area contributed by atoms with E-state index in [1.807, 2.05) is 0 Å². The van der Waals surface area contributed by atoms with E-state index in [0.29, 0.717) is 4.83 Å². The molecule has 3 atom stereocenters. The Kier molecular flexibility index (Phi) is 3.79. The van der Waals surface area contributed by atoms with Gasteiger partial charge in [-0.1, -0.05) is 53.9 Å². The Morgan fingerprint density at radius 2 is 1.83 bits per heavy atom. The van der Waals surface area contributed by atoms with Crippen molar-refractivity contribution in [3.05, 3.63) is 34.9 Å². The molecule has 0 radical (unpaired) electrons. The normalized spacial score (nSPS) is 29.0. The van der Waals surface area contributed by atoms with Crippen molar-refractivity contribution >= 4 is 15.9 Å². The van der Waals surface area contributed by atoms with Crippen LogP contribution in [0.1, 0.15) is 60.5 Å². The standard InChI is InChI=1S/C17H23Br/c1-12-5-4-8-16(12)17(18)15-10-9-13-6-2-3-7-14(13)11-15/h9-12,16-17H,2-8H2,1H3. The van der Waals surface area contributed by atoms with Gasteiger partial charge in [0.05, 0.1) is 0 Å². The molecule has 18 heavy (non-hydrogen) atoms. The Morgan fingerprint density at radius 3 is 2.56 bits per heavy atom. The molecule has 0 spiro atoms. The Bertz CT molecular complexity index is 424. The van der Waals surface area contributed by atoms with Crippen molar-refractivity contribution in [3.8, 4) is 0 Å². The fourth-order valence-electron chi connectivity index (χ4n) is 3.78. The van der Waals surface area contributed by atoms with Crippen LogP contribution in [0.4, 0.5) is 0 Å². The smallest absolute Gasteiger partial charge is 0.0426 e. The third-order valence-corrected chi connectivity index (χ3v) is 6.20. The Hall–Kier alpha value is -0.300. The van der Waals surface area contributed by atoms with Gasteiger partial charge in [-0.3, -0.25) is 0 Å². The first-order valence-corrected chi connectivity index (χ1v) is 8.43. The quantitative estimate of drug-likeness (QED) is 0.638. The largest absolute Gasteiger partial charge is 0.0836 e. The summed E-state index contributed by atoms with van der Waals surface area (Å²) in [6.45, 7) is 2.42. The van der Waals surface area contributed by atoms with Gasteiger partial charge in [-0.2, -0.15) is 0 Å². The zero-order valence-corrected chi connectivity index (χ0v) is 12.9. The zero-order valence-electron chi connectivity index (χ0n) is 11.3. The summed E-state index contributed by atoms with van der Waals surface area (Å²) < 4.78 is 0. The van der Waals surface area contributed by atoms with E-state index in [9.17, 15) is 0 Å². The Balaban J connectivity index is 1.83. The van der Waals surface area contributed by atoms with Crippen LogP contribution in [-0.2, 0) is 12.8 Å². The summed E-state index contributed by atoms with van der Waals surface area (Å²) in [6, 6.07) is 7.24. The molecule has 0 amide bonds. The SMILES string of the molecule is CC1CCCC1C(Br)c1ccc2c(c1)CCCC2. The highest BCUT2D eigenvalue weighted by Crippen LogP contribution is 2.45.